The summed E-state index contributed by atoms with van der Waals surface area (Å²) in [7, 11) is 0. The molecule has 1 atom stereocenters. The predicted octanol–water partition coefficient (Wildman–Crippen LogP) is 0.814. The van der Waals surface area contributed by atoms with E-state index in [9.17, 15) is 9.59 Å². The van der Waals surface area contributed by atoms with Gasteiger partial charge in [-0.25, -0.2) is 5.10 Å². The minimum atomic E-state index is -0.349. The number of rotatable bonds is 5. The maximum Gasteiger partial charge on any atom is 0.272 e. The second-order valence-electron chi connectivity index (χ2n) is 4.54. The summed E-state index contributed by atoms with van der Waals surface area (Å²) in [6.07, 6.45) is 1.21. The fourth-order valence-corrected chi connectivity index (χ4v) is 2.08. The van der Waals surface area contributed by atoms with Crippen molar-refractivity contribution >= 4 is 16.7 Å². The highest BCUT2D eigenvalue weighted by atomic mass is 16.3. The van der Waals surface area contributed by atoms with Crippen LogP contribution in [-0.4, -0.2) is 33.9 Å². The first-order chi connectivity index (χ1) is 9.67. The number of amides is 1. The number of aromatic nitrogens is 2. The molecule has 2 aromatic rings. The third kappa shape index (κ3) is 2.85. The molecule has 0 saturated carbocycles. The molecule has 1 amide bonds. The second kappa shape index (κ2) is 6.29. The Hall–Kier alpha value is -2.21. The molecule has 2 rings (SSSR count). The van der Waals surface area contributed by atoms with Crippen LogP contribution in [0.4, 0.5) is 0 Å². The monoisotopic (exact) mass is 275 g/mol. The lowest BCUT2D eigenvalue weighted by Gasteiger charge is -2.15. The van der Waals surface area contributed by atoms with E-state index >= 15 is 0 Å². The number of carbonyl (C=O) groups is 1. The van der Waals surface area contributed by atoms with Gasteiger partial charge in [-0.2, -0.15) is 5.10 Å². The number of H-pyrrole nitrogens is 1. The summed E-state index contributed by atoms with van der Waals surface area (Å²) >= 11 is 0. The van der Waals surface area contributed by atoms with E-state index in [1.165, 1.54) is 0 Å². The van der Waals surface area contributed by atoms with Gasteiger partial charge in [0.1, 0.15) is 0 Å². The Morgan fingerprint density at radius 3 is 2.75 bits per heavy atom. The number of carbonyl (C=O) groups excluding carboxylic acids is 1. The molecule has 0 fully saturated rings. The van der Waals surface area contributed by atoms with Gasteiger partial charge in [-0.1, -0.05) is 25.1 Å². The molecule has 6 heteroatoms. The molecule has 3 N–H and O–H groups in total. The summed E-state index contributed by atoms with van der Waals surface area (Å²) in [6.45, 7) is 1.94. The molecule has 0 bridgehead atoms. The molecule has 0 spiro atoms. The van der Waals surface area contributed by atoms with E-state index in [-0.39, 0.29) is 29.8 Å². The molecule has 0 aliphatic carbocycles. The van der Waals surface area contributed by atoms with Gasteiger partial charge in [0, 0.05) is 18.0 Å². The van der Waals surface area contributed by atoms with Crippen LogP contribution in [0.2, 0.25) is 0 Å². The zero-order valence-corrected chi connectivity index (χ0v) is 11.2. The molecule has 0 radical (unpaired) electrons. The number of aliphatic hydroxyl groups excluding tert-OH is 1. The van der Waals surface area contributed by atoms with Crippen molar-refractivity contribution in [3.05, 3.63) is 40.3 Å². The van der Waals surface area contributed by atoms with E-state index < -0.39 is 0 Å². The third-order valence-corrected chi connectivity index (χ3v) is 3.22. The zero-order valence-electron chi connectivity index (χ0n) is 11.2. The van der Waals surface area contributed by atoms with E-state index in [2.05, 4.69) is 15.5 Å². The molecule has 1 aromatic carbocycles. The van der Waals surface area contributed by atoms with Gasteiger partial charge in [0.15, 0.2) is 5.69 Å². The molecule has 1 unspecified atom stereocenters. The van der Waals surface area contributed by atoms with Gasteiger partial charge in [0.25, 0.3) is 11.5 Å². The van der Waals surface area contributed by atoms with E-state index in [4.69, 9.17) is 5.11 Å². The lowest BCUT2D eigenvalue weighted by molar-refractivity contribution is 0.0925. The highest BCUT2D eigenvalue weighted by Crippen LogP contribution is 2.12. The van der Waals surface area contributed by atoms with Crippen LogP contribution < -0.4 is 10.9 Å². The minimum Gasteiger partial charge on any atom is -0.396 e. The fraction of sp³-hybridized carbons (Fsp3) is 0.357. The molecule has 0 aliphatic rings. The summed E-state index contributed by atoms with van der Waals surface area (Å²) in [5.74, 6) is -0.349. The largest absolute Gasteiger partial charge is 0.396 e. The molecule has 20 heavy (non-hydrogen) atoms. The lowest BCUT2D eigenvalue weighted by atomic mass is 10.1. The summed E-state index contributed by atoms with van der Waals surface area (Å²) in [4.78, 5) is 23.9. The van der Waals surface area contributed by atoms with Crippen LogP contribution in [0.15, 0.2) is 29.1 Å². The van der Waals surface area contributed by atoms with E-state index in [1.807, 2.05) is 6.92 Å². The van der Waals surface area contributed by atoms with Gasteiger partial charge in [-0.15, -0.1) is 0 Å². The third-order valence-electron chi connectivity index (χ3n) is 3.22. The summed E-state index contributed by atoms with van der Waals surface area (Å²) in [5.41, 5.74) is -0.129. The Balaban J connectivity index is 2.35. The SMILES string of the molecule is CCC(CCO)NC(=O)c1n[nH]c(=O)c2ccccc12. The number of nitrogens with zero attached hydrogens (tertiary/aromatic N) is 1. The van der Waals surface area contributed by atoms with Crippen LogP contribution in [0.5, 0.6) is 0 Å². The second-order valence-corrected chi connectivity index (χ2v) is 4.54. The average Bonchev–Trinajstić information content (AvgIpc) is 2.47. The molecule has 1 heterocycles. The van der Waals surface area contributed by atoms with Crippen molar-refractivity contribution in [2.75, 3.05) is 6.61 Å². The van der Waals surface area contributed by atoms with Crippen LogP contribution in [0.3, 0.4) is 0 Å². The average molecular weight is 275 g/mol. The Labute approximate surface area is 115 Å². The topological polar surface area (TPSA) is 95.1 Å². The molecule has 106 valence electrons. The smallest absolute Gasteiger partial charge is 0.272 e. The van der Waals surface area contributed by atoms with Crippen molar-refractivity contribution in [1.82, 2.24) is 15.5 Å². The highest BCUT2D eigenvalue weighted by molar-refractivity contribution is 6.04. The Morgan fingerprint density at radius 2 is 2.10 bits per heavy atom. The molecular weight excluding hydrogens is 258 g/mol. The van der Waals surface area contributed by atoms with Crippen LogP contribution in [0.25, 0.3) is 10.8 Å². The summed E-state index contributed by atoms with van der Waals surface area (Å²) < 4.78 is 0. The first kappa shape index (κ1) is 14.2. The molecule has 0 saturated heterocycles. The van der Waals surface area contributed by atoms with Crippen LogP contribution in [0, 0.1) is 0 Å². The van der Waals surface area contributed by atoms with Crippen molar-refractivity contribution in [3.8, 4) is 0 Å². The zero-order chi connectivity index (χ0) is 14.5. The van der Waals surface area contributed by atoms with Gasteiger partial charge in [0.05, 0.1) is 5.39 Å². The van der Waals surface area contributed by atoms with Crippen molar-refractivity contribution in [1.29, 1.82) is 0 Å². The van der Waals surface area contributed by atoms with Crippen molar-refractivity contribution in [2.24, 2.45) is 0 Å². The Bertz CT molecular complexity index is 666. The fourth-order valence-electron chi connectivity index (χ4n) is 2.08. The van der Waals surface area contributed by atoms with Gasteiger partial charge < -0.3 is 10.4 Å². The van der Waals surface area contributed by atoms with E-state index in [0.717, 1.165) is 0 Å². The maximum atomic E-state index is 12.2. The van der Waals surface area contributed by atoms with E-state index in [0.29, 0.717) is 23.6 Å². The normalized spacial score (nSPS) is 12.3. The van der Waals surface area contributed by atoms with Gasteiger partial charge in [-0.05, 0) is 18.9 Å². The number of nitrogens with one attached hydrogen (secondary N) is 2. The summed E-state index contributed by atoms with van der Waals surface area (Å²) in [5, 5.41) is 18.9. The number of benzene rings is 1. The van der Waals surface area contributed by atoms with Crippen molar-refractivity contribution in [3.63, 3.8) is 0 Å². The number of fused-ring (bicyclic) bond motifs is 1. The van der Waals surface area contributed by atoms with Crippen LogP contribution in [0.1, 0.15) is 30.3 Å². The number of aliphatic hydroxyl groups is 1. The lowest BCUT2D eigenvalue weighted by Crippen LogP contribution is -2.36. The van der Waals surface area contributed by atoms with Crippen LogP contribution >= 0.6 is 0 Å². The number of hydrogen-bond acceptors (Lipinski definition) is 4. The van der Waals surface area contributed by atoms with Crippen LogP contribution in [-0.2, 0) is 0 Å². The maximum absolute atomic E-state index is 12.2. The van der Waals surface area contributed by atoms with Gasteiger partial charge in [0.2, 0.25) is 0 Å². The standard InChI is InChI=1S/C14H17N3O3/c1-2-9(7-8-18)15-14(20)12-10-5-3-4-6-11(10)13(19)17-16-12/h3-6,9,18H,2,7-8H2,1H3,(H,15,20)(H,17,19). The first-order valence-electron chi connectivity index (χ1n) is 6.56. The molecule has 6 nitrogen and oxygen atoms in total. The van der Waals surface area contributed by atoms with Crippen molar-refractivity contribution < 1.29 is 9.90 Å². The molecule has 0 aliphatic heterocycles. The first-order valence-corrected chi connectivity index (χ1v) is 6.56. The Kier molecular flexibility index (Phi) is 4.47. The van der Waals surface area contributed by atoms with Crippen molar-refractivity contribution in [2.45, 2.75) is 25.8 Å². The summed E-state index contributed by atoms with van der Waals surface area (Å²) in [6, 6.07) is 6.72. The van der Waals surface area contributed by atoms with E-state index in [1.54, 1.807) is 24.3 Å². The highest BCUT2D eigenvalue weighted by Gasteiger charge is 2.16. The van der Waals surface area contributed by atoms with Gasteiger partial charge in [-0.3, -0.25) is 9.59 Å². The molecular formula is C14H17N3O3. The minimum absolute atomic E-state index is 0.0125. The predicted molar refractivity (Wildman–Crippen MR) is 75.6 cm³/mol. The number of aromatic amines is 1. The van der Waals surface area contributed by atoms with Gasteiger partial charge >= 0.3 is 0 Å². The number of hydrogen-bond donors (Lipinski definition) is 3. The molecule has 1 aromatic heterocycles. The quantitative estimate of drug-likeness (QED) is 0.752. The Morgan fingerprint density at radius 1 is 1.40 bits per heavy atom.